The summed E-state index contributed by atoms with van der Waals surface area (Å²) >= 11 is 7.57. The number of aromatic nitrogens is 2. The van der Waals surface area contributed by atoms with Crippen molar-refractivity contribution in [1.29, 1.82) is 0 Å². The first kappa shape index (κ1) is 16.0. The summed E-state index contributed by atoms with van der Waals surface area (Å²) in [5.41, 5.74) is 1.06. The zero-order valence-corrected chi connectivity index (χ0v) is 14.2. The molecular formula is C15H21ClN4S. The van der Waals surface area contributed by atoms with Gasteiger partial charge in [0.25, 0.3) is 0 Å². The first-order valence-corrected chi connectivity index (χ1v) is 8.36. The SMILES string of the molecule is CCCc1nc(NC)c(C)c(NCCc2ccc(Cl)s2)n1. The quantitative estimate of drug-likeness (QED) is 0.803. The van der Waals surface area contributed by atoms with Crippen LogP contribution in [0.4, 0.5) is 11.6 Å². The molecule has 0 spiro atoms. The second-order valence-electron chi connectivity index (χ2n) is 4.84. The third-order valence-electron chi connectivity index (χ3n) is 3.20. The fourth-order valence-electron chi connectivity index (χ4n) is 2.10. The zero-order chi connectivity index (χ0) is 15.2. The molecule has 2 heterocycles. The molecule has 0 aliphatic rings. The molecule has 0 unspecified atom stereocenters. The van der Waals surface area contributed by atoms with Crippen LogP contribution in [0.15, 0.2) is 12.1 Å². The lowest BCUT2D eigenvalue weighted by molar-refractivity contribution is 0.831. The van der Waals surface area contributed by atoms with Crippen LogP contribution in [0, 0.1) is 6.92 Å². The highest BCUT2D eigenvalue weighted by atomic mass is 35.5. The van der Waals surface area contributed by atoms with Gasteiger partial charge in [-0.05, 0) is 31.9 Å². The van der Waals surface area contributed by atoms with Crippen LogP contribution in [-0.4, -0.2) is 23.6 Å². The van der Waals surface area contributed by atoms with Gasteiger partial charge in [0, 0.05) is 30.5 Å². The normalized spacial score (nSPS) is 10.7. The van der Waals surface area contributed by atoms with Crippen LogP contribution in [-0.2, 0) is 12.8 Å². The van der Waals surface area contributed by atoms with E-state index in [1.165, 1.54) is 4.88 Å². The molecule has 2 aromatic heterocycles. The van der Waals surface area contributed by atoms with E-state index < -0.39 is 0 Å². The van der Waals surface area contributed by atoms with E-state index in [1.54, 1.807) is 11.3 Å². The van der Waals surface area contributed by atoms with E-state index in [2.05, 4.69) is 33.6 Å². The van der Waals surface area contributed by atoms with Crippen molar-refractivity contribution in [3.63, 3.8) is 0 Å². The molecule has 4 nitrogen and oxygen atoms in total. The molecule has 114 valence electrons. The molecule has 0 radical (unpaired) electrons. The minimum atomic E-state index is 0.837. The Hall–Kier alpha value is -1.33. The van der Waals surface area contributed by atoms with Gasteiger partial charge in [-0.25, -0.2) is 9.97 Å². The predicted octanol–water partition coefficient (Wildman–Crippen LogP) is 4.15. The molecule has 0 atom stereocenters. The van der Waals surface area contributed by atoms with Crippen molar-refractivity contribution in [1.82, 2.24) is 9.97 Å². The number of rotatable bonds is 7. The third-order valence-corrected chi connectivity index (χ3v) is 4.49. The minimum Gasteiger partial charge on any atom is -0.373 e. The lowest BCUT2D eigenvalue weighted by Gasteiger charge is -2.13. The molecule has 0 aromatic carbocycles. The van der Waals surface area contributed by atoms with Gasteiger partial charge in [0.05, 0.1) is 4.34 Å². The summed E-state index contributed by atoms with van der Waals surface area (Å²) in [6, 6.07) is 4.01. The number of anilines is 2. The Morgan fingerprint density at radius 2 is 1.95 bits per heavy atom. The lowest BCUT2D eigenvalue weighted by atomic mass is 10.2. The monoisotopic (exact) mass is 324 g/mol. The van der Waals surface area contributed by atoms with Gasteiger partial charge in [-0.2, -0.15) is 0 Å². The van der Waals surface area contributed by atoms with E-state index in [0.717, 1.165) is 53.2 Å². The van der Waals surface area contributed by atoms with Crippen LogP contribution in [0.3, 0.4) is 0 Å². The molecule has 0 fully saturated rings. The predicted molar refractivity (Wildman–Crippen MR) is 91.8 cm³/mol. The molecule has 0 saturated carbocycles. The molecule has 2 rings (SSSR count). The number of hydrogen-bond acceptors (Lipinski definition) is 5. The molecular weight excluding hydrogens is 304 g/mol. The maximum atomic E-state index is 5.95. The highest BCUT2D eigenvalue weighted by Crippen LogP contribution is 2.23. The smallest absolute Gasteiger partial charge is 0.134 e. The Bertz CT molecular complexity index is 597. The van der Waals surface area contributed by atoms with Gasteiger partial charge in [0.15, 0.2) is 0 Å². The van der Waals surface area contributed by atoms with Crippen molar-refractivity contribution in [2.45, 2.75) is 33.1 Å². The molecule has 0 amide bonds. The van der Waals surface area contributed by atoms with Gasteiger partial charge in [-0.1, -0.05) is 18.5 Å². The van der Waals surface area contributed by atoms with Gasteiger partial charge >= 0.3 is 0 Å². The van der Waals surface area contributed by atoms with Crippen LogP contribution >= 0.6 is 22.9 Å². The zero-order valence-electron chi connectivity index (χ0n) is 12.7. The first-order chi connectivity index (χ1) is 10.1. The van der Waals surface area contributed by atoms with Crippen LogP contribution in [0.5, 0.6) is 0 Å². The molecule has 0 aliphatic heterocycles. The van der Waals surface area contributed by atoms with Crippen LogP contribution in [0.1, 0.15) is 29.6 Å². The largest absolute Gasteiger partial charge is 0.373 e. The van der Waals surface area contributed by atoms with E-state index in [9.17, 15) is 0 Å². The number of nitrogens with one attached hydrogen (secondary N) is 2. The Labute approximate surface area is 135 Å². The van der Waals surface area contributed by atoms with Crippen molar-refractivity contribution in [2.75, 3.05) is 24.2 Å². The Morgan fingerprint density at radius 3 is 2.57 bits per heavy atom. The highest BCUT2D eigenvalue weighted by Gasteiger charge is 2.09. The maximum absolute atomic E-state index is 5.95. The third kappa shape index (κ3) is 4.32. The number of hydrogen-bond donors (Lipinski definition) is 2. The second kappa shape index (κ2) is 7.61. The second-order valence-corrected chi connectivity index (χ2v) is 6.64. The number of thiophene rings is 1. The van der Waals surface area contributed by atoms with Crippen molar-refractivity contribution in [3.05, 3.63) is 32.7 Å². The summed E-state index contributed by atoms with van der Waals surface area (Å²) in [5.74, 6) is 2.70. The van der Waals surface area contributed by atoms with Gasteiger partial charge in [0.2, 0.25) is 0 Å². The average molecular weight is 325 g/mol. The van der Waals surface area contributed by atoms with Gasteiger partial charge in [-0.3, -0.25) is 0 Å². The van der Waals surface area contributed by atoms with Crippen LogP contribution in [0.25, 0.3) is 0 Å². The van der Waals surface area contributed by atoms with Crippen LogP contribution in [0.2, 0.25) is 4.34 Å². The molecule has 2 aromatic rings. The number of aryl methyl sites for hydroxylation is 1. The summed E-state index contributed by atoms with van der Waals surface area (Å²) in [5, 5.41) is 6.56. The molecule has 6 heteroatoms. The van der Waals surface area contributed by atoms with Crippen molar-refractivity contribution in [3.8, 4) is 0 Å². The molecule has 2 N–H and O–H groups in total. The Kier molecular flexibility index (Phi) is 5.82. The molecule has 21 heavy (non-hydrogen) atoms. The maximum Gasteiger partial charge on any atom is 0.134 e. The van der Waals surface area contributed by atoms with E-state index >= 15 is 0 Å². The summed E-state index contributed by atoms with van der Waals surface area (Å²) < 4.78 is 0.839. The first-order valence-electron chi connectivity index (χ1n) is 7.17. The number of halogens is 1. The van der Waals surface area contributed by atoms with Crippen molar-refractivity contribution >= 4 is 34.6 Å². The average Bonchev–Trinajstić information content (AvgIpc) is 2.88. The summed E-state index contributed by atoms with van der Waals surface area (Å²) in [6.45, 7) is 5.01. The standard InChI is InChI=1S/C15H21ClN4S/c1-4-5-13-19-14(17-3)10(2)15(20-13)18-9-8-11-6-7-12(16)21-11/h6-7H,4-5,8-9H2,1-3H3,(H2,17,18,19,20). The molecule has 0 bridgehead atoms. The van der Waals surface area contributed by atoms with E-state index in [4.69, 9.17) is 11.6 Å². The van der Waals surface area contributed by atoms with Crippen molar-refractivity contribution in [2.24, 2.45) is 0 Å². The number of nitrogens with zero attached hydrogens (tertiary/aromatic N) is 2. The van der Waals surface area contributed by atoms with E-state index in [1.807, 2.05) is 20.0 Å². The summed E-state index contributed by atoms with van der Waals surface area (Å²) in [7, 11) is 1.89. The molecule has 0 saturated heterocycles. The Morgan fingerprint density at radius 1 is 1.19 bits per heavy atom. The van der Waals surface area contributed by atoms with Crippen LogP contribution < -0.4 is 10.6 Å². The fraction of sp³-hybridized carbons (Fsp3) is 0.467. The topological polar surface area (TPSA) is 49.8 Å². The summed E-state index contributed by atoms with van der Waals surface area (Å²) in [6.07, 6.45) is 2.88. The van der Waals surface area contributed by atoms with Gasteiger partial charge in [0.1, 0.15) is 17.5 Å². The van der Waals surface area contributed by atoms with Gasteiger partial charge < -0.3 is 10.6 Å². The van der Waals surface area contributed by atoms with E-state index in [0.29, 0.717) is 0 Å². The Balaban J connectivity index is 2.05. The highest BCUT2D eigenvalue weighted by molar-refractivity contribution is 7.16. The lowest BCUT2D eigenvalue weighted by Crippen LogP contribution is -2.11. The van der Waals surface area contributed by atoms with E-state index in [-0.39, 0.29) is 0 Å². The molecule has 0 aliphatic carbocycles. The summed E-state index contributed by atoms with van der Waals surface area (Å²) in [4.78, 5) is 10.4. The van der Waals surface area contributed by atoms with Gasteiger partial charge in [-0.15, -0.1) is 11.3 Å². The fourth-order valence-corrected chi connectivity index (χ4v) is 3.19. The van der Waals surface area contributed by atoms with Crippen molar-refractivity contribution < 1.29 is 0 Å². The minimum absolute atomic E-state index is 0.837.